The summed E-state index contributed by atoms with van der Waals surface area (Å²) in [5.74, 6) is 5.38. The number of nitrogens with two attached hydrogens (primary N) is 1. The first-order valence-electron chi connectivity index (χ1n) is 6.66. The number of nitrogens with zero attached hydrogens (tertiary/aromatic N) is 1. The molecular formula is C14H21N3O2. The lowest BCUT2D eigenvalue weighted by atomic mass is 10.0. The molecule has 1 aromatic rings. The largest absolute Gasteiger partial charge is 0.394 e. The number of hydrogen-bond donors (Lipinski definition) is 3. The van der Waals surface area contributed by atoms with Crippen LogP contribution in [0.5, 0.6) is 0 Å². The van der Waals surface area contributed by atoms with Crippen LogP contribution < -0.4 is 11.3 Å². The van der Waals surface area contributed by atoms with Gasteiger partial charge in [-0.2, -0.15) is 0 Å². The van der Waals surface area contributed by atoms with Crippen molar-refractivity contribution >= 4 is 11.6 Å². The van der Waals surface area contributed by atoms with Gasteiger partial charge in [0, 0.05) is 12.1 Å². The molecule has 1 saturated heterocycles. The monoisotopic (exact) mass is 263 g/mol. The zero-order chi connectivity index (χ0) is 13.8. The second kappa shape index (κ2) is 6.04. The molecular weight excluding hydrogens is 242 g/mol. The predicted molar refractivity (Wildman–Crippen MR) is 74.8 cm³/mol. The highest BCUT2D eigenvalue weighted by Crippen LogP contribution is 2.21. The van der Waals surface area contributed by atoms with Gasteiger partial charge in [0.2, 0.25) is 0 Å². The molecule has 1 atom stereocenters. The second-order valence-corrected chi connectivity index (χ2v) is 5.00. The van der Waals surface area contributed by atoms with Crippen LogP contribution in [0.15, 0.2) is 18.2 Å². The van der Waals surface area contributed by atoms with E-state index in [1.54, 1.807) is 17.0 Å². The van der Waals surface area contributed by atoms with E-state index in [0.717, 1.165) is 37.1 Å². The Bertz CT molecular complexity index is 462. The van der Waals surface area contributed by atoms with Gasteiger partial charge in [-0.3, -0.25) is 10.6 Å². The standard InChI is InChI=1S/C14H21N3O2/c1-10-8-11(5-6-13(10)16-15)14(19)17-7-3-2-4-12(17)9-18/h5-6,8,12,16,18H,2-4,7,9,15H2,1H3. The molecule has 0 radical (unpaired) electrons. The molecule has 1 aromatic carbocycles. The number of piperidine rings is 1. The molecule has 1 aliphatic rings. The van der Waals surface area contributed by atoms with Gasteiger partial charge in [-0.15, -0.1) is 0 Å². The van der Waals surface area contributed by atoms with Gasteiger partial charge in [-0.05, 0) is 49.9 Å². The van der Waals surface area contributed by atoms with Crippen molar-refractivity contribution in [3.05, 3.63) is 29.3 Å². The average molecular weight is 263 g/mol. The summed E-state index contributed by atoms with van der Waals surface area (Å²) in [4.78, 5) is 14.3. The Labute approximate surface area is 113 Å². The van der Waals surface area contributed by atoms with E-state index in [2.05, 4.69) is 5.43 Å². The lowest BCUT2D eigenvalue weighted by molar-refractivity contribution is 0.0503. The van der Waals surface area contributed by atoms with Gasteiger partial charge >= 0.3 is 0 Å². The molecule has 5 heteroatoms. The normalized spacial score (nSPS) is 19.3. The topological polar surface area (TPSA) is 78.6 Å². The Hall–Kier alpha value is -1.59. The highest BCUT2D eigenvalue weighted by molar-refractivity contribution is 5.95. The van der Waals surface area contributed by atoms with Gasteiger partial charge < -0.3 is 15.4 Å². The summed E-state index contributed by atoms with van der Waals surface area (Å²) in [5, 5.41) is 9.37. The number of anilines is 1. The number of nitrogens with one attached hydrogen (secondary N) is 1. The quantitative estimate of drug-likeness (QED) is 0.567. The molecule has 5 nitrogen and oxygen atoms in total. The van der Waals surface area contributed by atoms with Crippen molar-refractivity contribution in [3.8, 4) is 0 Å². The number of nitrogen functional groups attached to an aromatic ring is 1. The van der Waals surface area contributed by atoms with Crippen LogP contribution in [-0.4, -0.2) is 35.1 Å². The lowest BCUT2D eigenvalue weighted by Gasteiger charge is -2.34. The maximum atomic E-state index is 12.5. The first kappa shape index (κ1) is 13.8. The summed E-state index contributed by atoms with van der Waals surface area (Å²) in [6.45, 7) is 2.67. The van der Waals surface area contributed by atoms with Crippen molar-refractivity contribution in [2.24, 2.45) is 5.84 Å². The van der Waals surface area contributed by atoms with E-state index in [4.69, 9.17) is 5.84 Å². The van der Waals surface area contributed by atoms with Crippen molar-refractivity contribution in [2.45, 2.75) is 32.2 Å². The van der Waals surface area contributed by atoms with Crippen LogP contribution in [0.2, 0.25) is 0 Å². The van der Waals surface area contributed by atoms with Crippen molar-refractivity contribution < 1.29 is 9.90 Å². The van der Waals surface area contributed by atoms with Crippen LogP contribution in [0.3, 0.4) is 0 Å². The minimum atomic E-state index is -0.0473. The Morgan fingerprint density at radius 3 is 2.95 bits per heavy atom. The van der Waals surface area contributed by atoms with Crippen LogP contribution in [0.25, 0.3) is 0 Å². The number of benzene rings is 1. The zero-order valence-corrected chi connectivity index (χ0v) is 11.2. The third-order valence-corrected chi connectivity index (χ3v) is 3.73. The van der Waals surface area contributed by atoms with Crippen LogP contribution in [-0.2, 0) is 0 Å². The third kappa shape index (κ3) is 2.88. The van der Waals surface area contributed by atoms with Gasteiger partial charge in [0.15, 0.2) is 0 Å². The van der Waals surface area contributed by atoms with Gasteiger partial charge in [0.1, 0.15) is 0 Å². The van der Waals surface area contributed by atoms with E-state index < -0.39 is 0 Å². The van der Waals surface area contributed by atoms with Crippen LogP contribution in [0, 0.1) is 6.92 Å². The minimum absolute atomic E-state index is 0.00887. The third-order valence-electron chi connectivity index (χ3n) is 3.73. The van der Waals surface area contributed by atoms with Gasteiger partial charge in [-0.1, -0.05) is 0 Å². The first-order chi connectivity index (χ1) is 9.17. The zero-order valence-electron chi connectivity index (χ0n) is 11.2. The van der Waals surface area contributed by atoms with Crippen LogP contribution >= 0.6 is 0 Å². The highest BCUT2D eigenvalue weighted by Gasteiger charge is 2.26. The fraction of sp³-hybridized carbons (Fsp3) is 0.500. The molecule has 1 heterocycles. The number of rotatable bonds is 3. The second-order valence-electron chi connectivity index (χ2n) is 5.00. The number of aliphatic hydroxyl groups is 1. The number of hydrogen-bond acceptors (Lipinski definition) is 4. The lowest BCUT2D eigenvalue weighted by Crippen LogP contribution is -2.45. The summed E-state index contributed by atoms with van der Waals surface area (Å²) in [6, 6.07) is 5.36. The molecule has 0 saturated carbocycles. The Balaban J connectivity index is 2.20. The summed E-state index contributed by atoms with van der Waals surface area (Å²) in [5.41, 5.74) is 5.00. The van der Waals surface area contributed by atoms with Gasteiger partial charge in [0.25, 0.3) is 5.91 Å². The fourth-order valence-corrected chi connectivity index (χ4v) is 2.58. The average Bonchev–Trinajstić information content (AvgIpc) is 2.46. The Kier molecular flexibility index (Phi) is 4.39. The molecule has 1 fully saturated rings. The summed E-state index contributed by atoms with van der Waals surface area (Å²) < 4.78 is 0. The molecule has 2 rings (SSSR count). The number of carbonyl (C=O) groups is 1. The predicted octanol–water partition coefficient (Wildman–Crippen LogP) is 1.27. The highest BCUT2D eigenvalue weighted by atomic mass is 16.3. The number of aliphatic hydroxyl groups excluding tert-OH is 1. The molecule has 4 N–H and O–H groups in total. The Morgan fingerprint density at radius 1 is 1.53 bits per heavy atom. The first-order valence-corrected chi connectivity index (χ1v) is 6.66. The molecule has 0 bridgehead atoms. The molecule has 0 aliphatic carbocycles. The summed E-state index contributed by atoms with van der Waals surface area (Å²) in [6.07, 6.45) is 2.96. The molecule has 0 aromatic heterocycles. The molecule has 104 valence electrons. The fourth-order valence-electron chi connectivity index (χ4n) is 2.58. The minimum Gasteiger partial charge on any atom is -0.394 e. The molecule has 19 heavy (non-hydrogen) atoms. The van der Waals surface area contributed by atoms with Gasteiger partial charge in [-0.25, -0.2) is 0 Å². The van der Waals surface area contributed by atoms with E-state index in [1.807, 2.05) is 13.0 Å². The Morgan fingerprint density at radius 2 is 2.32 bits per heavy atom. The van der Waals surface area contributed by atoms with E-state index in [1.165, 1.54) is 0 Å². The maximum Gasteiger partial charge on any atom is 0.254 e. The molecule has 0 spiro atoms. The van der Waals surface area contributed by atoms with Crippen molar-refractivity contribution in [3.63, 3.8) is 0 Å². The van der Waals surface area contributed by atoms with Crippen molar-refractivity contribution in [1.29, 1.82) is 0 Å². The molecule has 1 unspecified atom stereocenters. The van der Waals surface area contributed by atoms with E-state index >= 15 is 0 Å². The van der Waals surface area contributed by atoms with Crippen molar-refractivity contribution in [1.82, 2.24) is 4.90 Å². The SMILES string of the molecule is Cc1cc(C(=O)N2CCCCC2CO)ccc1NN. The maximum absolute atomic E-state index is 12.5. The van der Waals surface area contributed by atoms with Crippen LogP contribution in [0.4, 0.5) is 5.69 Å². The smallest absolute Gasteiger partial charge is 0.254 e. The molecule has 1 aliphatic heterocycles. The van der Waals surface area contributed by atoms with E-state index in [9.17, 15) is 9.90 Å². The van der Waals surface area contributed by atoms with Crippen molar-refractivity contribution in [2.75, 3.05) is 18.6 Å². The number of aryl methyl sites for hydroxylation is 1. The summed E-state index contributed by atoms with van der Waals surface area (Å²) >= 11 is 0. The van der Waals surface area contributed by atoms with Gasteiger partial charge in [0.05, 0.1) is 18.3 Å². The number of likely N-dealkylation sites (tertiary alicyclic amines) is 1. The molecule has 1 amide bonds. The number of hydrazine groups is 1. The number of carbonyl (C=O) groups excluding carboxylic acids is 1. The van der Waals surface area contributed by atoms with E-state index in [0.29, 0.717) is 5.56 Å². The van der Waals surface area contributed by atoms with E-state index in [-0.39, 0.29) is 18.6 Å². The van der Waals surface area contributed by atoms with Crippen LogP contribution in [0.1, 0.15) is 35.2 Å². The number of amides is 1. The summed E-state index contributed by atoms with van der Waals surface area (Å²) in [7, 11) is 0.